The van der Waals surface area contributed by atoms with Crippen LogP contribution in [-0.4, -0.2) is 33.0 Å². The van der Waals surface area contributed by atoms with Gasteiger partial charge in [-0.15, -0.1) is 0 Å². The summed E-state index contributed by atoms with van der Waals surface area (Å²) in [5, 5.41) is 8.04. The van der Waals surface area contributed by atoms with E-state index in [1.165, 1.54) is 32.1 Å². The van der Waals surface area contributed by atoms with Gasteiger partial charge in [0.15, 0.2) is 5.82 Å². The van der Waals surface area contributed by atoms with E-state index in [2.05, 4.69) is 33.9 Å². The maximum absolute atomic E-state index is 6.17. The van der Waals surface area contributed by atoms with Crippen LogP contribution in [0.15, 0.2) is 6.33 Å². The number of nitrogens with zero attached hydrogens (tertiary/aromatic N) is 3. The summed E-state index contributed by atoms with van der Waals surface area (Å²) in [6.45, 7) is 5.90. The minimum atomic E-state index is 0.128. The van der Waals surface area contributed by atoms with Crippen LogP contribution in [0.25, 0.3) is 0 Å². The van der Waals surface area contributed by atoms with Crippen LogP contribution in [0.4, 0.5) is 0 Å². The molecule has 21 heavy (non-hydrogen) atoms. The van der Waals surface area contributed by atoms with E-state index >= 15 is 0 Å². The van der Waals surface area contributed by atoms with Gasteiger partial charge in [0, 0.05) is 12.6 Å². The second-order valence-electron chi connectivity index (χ2n) is 6.92. The van der Waals surface area contributed by atoms with Gasteiger partial charge in [0.25, 0.3) is 0 Å². The van der Waals surface area contributed by atoms with E-state index in [0.717, 1.165) is 31.8 Å². The first-order valence-corrected chi connectivity index (χ1v) is 8.44. The molecule has 1 N–H and O–H groups in total. The highest BCUT2D eigenvalue weighted by Gasteiger charge is 2.39. The van der Waals surface area contributed by atoms with E-state index in [1.807, 2.05) is 6.33 Å². The lowest BCUT2D eigenvalue weighted by Crippen LogP contribution is -2.42. The van der Waals surface area contributed by atoms with E-state index in [0.29, 0.717) is 12.1 Å². The molecule has 0 bridgehead atoms. The van der Waals surface area contributed by atoms with Crippen molar-refractivity contribution in [1.29, 1.82) is 0 Å². The van der Waals surface area contributed by atoms with E-state index in [9.17, 15) is 0 Å². The second kappa shape index (κ2) is 6.44. The number of hydrogen-bond donors (Lipinski definition) is 1. The molecule has 0 aromatic carbocycles. The Kier molecular flexibility index (Phi) is 4.60. The van der Waals surface area contributed by atoms with Crippen LogP contribution in [0.2, 0.25) is 0 Å². The largest absolute Gasteiger partial charge is 0.375 e. The molecule has 1 saturated heterocycles. The molecule has 2 aliphatic rings. The molecule has 118 valence electrons. The summed E-state index contributed by atoms with van der Waals surface area (Å²) in [6, 6.07) is 0.919. The molecule has 3 rings (SSSR count). The maximum Gasteiger partial charge on any atom is 0.164 e. The number of aromatic nitrogens is 3. The van der Waals surface area contributed by atoms with Crippen molar-refractivity contribution in [3.05, 3.63) is 12.2 Å². The summed E-state index contributed by atoms with van der Waals surface area (Å²) in [4.78, 5) is 4.45. The van der Waals surface area contributed by atoms with Crippen molar-refractivity contribution < 1.29 is 4.74 Å². The topological polar surface area (TPSA) is 52.0 Å². The van der Waals surface area contributed by atoms with Gasteiger partial charge < -0.3 is 10.1 Å². The van der Waals surface area contributed by atoms with Crippen LogP contribution >= 0.6 is 0 Å². The standard InChI is InChI=1S/C16H28N4O/c1-13(2)17-11-15-18-12-20(19-15)14-6-9-21-16(10-14)7-4-3-5-8-16/h12-14,17H,3-11H2,1-2H3. The van der Waals surface area contributed by atoms with Gasteiger partial charge in [-0.1, -0.05) is 33.1 Å². The Labute approximate surface area is 127 Å². The van der Waals surface area contributed by atoms with Gasteiger partial charge in [0.1, 0.15) is 6.33 Å². The number of ether oxygens (including phenoxy) is 1. The second-order valence-corrected chi connectivity index (χ2v) is 6.92. The van der Waals surface area contributed by atoms with Gasteiger partial charge in [-0.3, -0.25) is 0 Å². The van der Waals surface area contributed by atoms with Crippen LogP contribution in [0.1, 0.15) is 70.7 Å². The fourth-order valence-electron chi connectivity index (χ4n) is 3.64. The van der Waals surface area contributed by atoms with Gasteiger partial charge in [0.05, 0.1) is 18.2 Å². The first-order chi connectivity index (χ1) is 10.2. The summed E-state index contributed by atoms with van der Waals surface area (Å²) in [6.07, 6.45) is 10.5. The molecule has 1 saturated carbocycles. The average Bonchev–Trinajstić information content (AvgIpc) is 2.95. The Morgan fingerprint density at radius 1 is 1.38 bits per heavy atom. The zero-order valence-electron chi connectivity index (χ0n) is 13.3. The minimum absolute atomic E-state index is 0.128. The summed E-state index contributed by atoms with van der Waals surface area (Å²) in [5.41, 5.74) is 0.128. The quantitative estimate of drug-likeness (QED) is 0.927. The van der Waals surface area contributed by atoms with Crippen molar-refractivity contribution >= 4 is 0 Å². The third-order valence-electron chi connectivity index (χ3n) is 4.83. The lowest BCUT2D eigenvalue weighted by molar-refractivity contribution is -0.115. The number of hydrogen-bond acceptors (Lipinski definition) is 4. The fourth-order valence-corrected chi connectivity index (χ4v) is 3.64. The predicted octanol–water partition coefficient (Wildman–Crippen LogP) is 2.83. The van der Waals surface area contributed by atoms with Crippen LogP contribution < -0.4 is 5.32 Å². The highest BCUT2D eigenvalue weighted by atomic mass is 16.5. The van der Waals surface area contributed by atoms with E-state index in [4.69, 9.17) is 4.74 Å². The van der Waals surface area contributed by atoms with E-state index < -0.39 is 0 Å². The van der Waals surface area contributed by atoms with Gasteiger partial charge in [-0.2, -0.15) is 5.10 Å². The molecule has 1 aromatic rings. The SMILES string of the molecule is CC(C)NCc1ncn(C2CCOC3(CCCCC3)C2)n1. The normalized spacial score (nSPS) is 25.6. The van der Waals surface area contributed by atoms with Gasteiger partial charge in [-0.05, 0) is 25.7 Å². The lowest BCUT2D eigenvalue weighted by Gasteiger charge is -2.43. The molecule has 0 radical (unpaired) electrons. The van der Waals surface area contributed by atoms with Crippen molar-refractivity contribution in [2.24, 2.45) is 0 Å². The summed E-state index contributed by atoms with van der Waals surface area (Å²) < 4.78 is 8.25. The third kappa shape index (κ3) is 3.64. The number of rotatable bonds is 4. The lowest BCUT2D eigenvalue weighted by atomic mass is 9.78. The molecule has 1 spiro atoms. The molecule has 2 heterocycles. The number of nitrogens with one attached hydrogen (secondary N) is 1. The summed E-state index contributed by atoms with van der Waals surface area (Å²) in [5.74, 6) is 0.896. The molecule has 5 heteroatoms. The Balaban J connectivity index is 1.63. The first-order valence-electron chi connectivity index (χ1n) is 8.44. The van der Waals surface area contributed by atoms with Gasteiger partial charge in [-0.25, -0.2) is 9.67 Å². The Bertz CT molecular complexity index is 445. The smallest absolute Gasteiger partial charge is 0.164 e. The van der Waals surface area contributed by atoms with Crippen LogP contribution in [0.3, 0.4) is 0 Å². The Morgan fingerprint density at radius 2 is 2.19 bits per heavy atom. The van der Waals surface area contributed by atoms with Crippen LogP contribution in [0, 0.1) is 0 Å². The third-order valence-corrected chi connectivity index (χ3v) is 4.83. The zero-order valence-corrected chi connectivity index (χ0v) is 13.3. The summed E-state index contributed by atoms with van der Waals surface area (Å²) >= 11 is 0. The predicted molar refractivity (Wildman–Crippen MR) is 82.0 cm³/mol. The van der Waals surface area contributed by atoms with E-state index in [-0.39, 0.29) is 5.60 Å². The fraction of sp³-hybridized carbons (Fsp3) is 0.875. The molecule has 1 atom stereocenters. The van der Waals surface area contributed by atoms with Crippen molar-refractivity contribution in [2.75, 3.05) is 6.61 Å². The Hall–Kier alpha value is -0.940. The molecular formula is C16H28N4O. The first kappa shape index (κ1) is 15.0. The molecule has 5 nitrogen and oxygen atoms in total. The van der Waals surface area contributed by atoms with Crippen molar-refractivity contribution in [2.45, 2.75) is 83.0 Å². The highest BCUT2D eigenvalue weighted by molar-refractivity contribution is 4.92. The Morgan fingerprint density at radius 3 is 2.95 bits per heavy atom. The zero-order chi connectivity index (χ0) is 14.7. The maximum atomic E-state index is 6.17. The average molecular weight is 292 g/mol. The van der Waals surface area contributed by atoms with Crippen LogP contribution in [0.5, 0.6) is 0 Å². The van der Waals surface area contributed by atoms with Crippen molar-refractivity contribution in [3.8, 4) is 0 Å². The molecule has 1 aliphatic heterocycles. The van der Waals surface area contributed by atoms with Gasteiger partial charge >= 0.3 is 0 Å². The molecule has 1 aliphatic carbocycles. The monoisotopic (exact) mass is 292 g/mol. The highest BCUT2D eigenvalue weighted by Crippen LogP contribution is 2.41. The van der Waals surface area contributed by atoms with Gasteiger partial charge in [0.2, 0.25) is 0 Å². The molecular weight excluding hydrogens is 264 g/mol. The minimum Gasteiger partial charge on any atom is -0.375 e. The molecule has 2 fully saturated rings. The molecule has 1 aromatic heterocycles. The van der Waals surface area contributed by atoms with Crippen LogP contribution in [-0.2, 0) is 11.3 Å². The van der Waals surface area contributed by atoms with Crippen molar-refractivity contribution in [3.63, 3.8) is 0 Å². The molecule has 1 unspecified atom stereocenters. The van der Waals surface area contributed by atoms with Crippen molar-refractivity contribution in [1.82, 2.24) is 20.1 Å². The van der Waals surface area contributed by atoms with E-state index in [1.54, 1.807) is 0 Å². The summed E-state index contributed by atoms with van der Waals surface area (Å²) in [7, 11) is 0. The molecule has 0 amide bonds.